The molecule has 0 fully saturated rings. The second-order valence-corrected chi connectivity index (χ2v) is 5.22. The molecule has 1 N–H and O–H groups in total. The molecule has 3 rings (SSSR count). The van der Waals surface area contributed by atoms with Crippen molar-refractivity contribution in [2.75, 3.05) is 13.7 Å². The van der Waals surface area contributed by atoms with E-state index in [2.05, 4.69) is 42.6 Å². The second kappa shape index (κ2) is 5.68. The Morgan fingerprint density at radius 1 is 1.10 bits per heavy atom. The molecule has 0 aromatic heterocycles. The van der Waals surface area contributed by atoms with Crippen molar-refractivity contribution in [1.82, 2.24) is 5.32 Å². The maximum absolute atomic E-state index is 5.52. The molecule has 2 nitrogen and oxygen atoms in total. The first-order valence-electron chi connectivity index (χ1n) is 7.33. The molecule has 0 spiro atoms. The molecule has 2 aromatic carbocycles. The van der Waals surface area contributed by atoms with Gasteiger partial charge in [0.05, 0.1) is 7.11 Å². The standard InChI is InChI=1S/C18H21NO/c1-3-19-17-12-11-14-13(8-6-9-15(14)17)16-7-4-5-10-18(16)20-2/h4-10,17,19H,3,11-12H2,1-2H3. The van der Waals surface area contributed by atoms with Crippen molar-refractivity contribution < 1.29 is 4.74 Å². The van der Waals surface area contributed by atoms with Gasteiger partial charge in [-0.05, 0) is 42.1 Å². The third kappa shape index (κ3) is 2.20. The lowest BCUT2D eigenvalue weighted by Crippen LogP contribution is -2.18. The highest BCUT2D eigenvalue weighted by atomic mass is 16.5. The van der Waals surface area contributed by atoms with Crippen molar-refractivity contribution in [2.24, 2.45) is 0 Å². The van der Waals surface area contributed by atoms with E-state index in [9.17, 15) is 0 Å². The third-order valence-corrected chi connectivity index (χ3v) is 4.12. The number of hydrogen-bond donors (Lipinski definition) is 1. The molecule has 0 saturated carbocycles. The van der Waals surface area contributed by atoms with Gasteiger partial charge in [0.1, 0.15) is 5.75 Å². The molecule has 0 bridgehead atoms. The van der Waals surface area contributed by atoms with Gasteiger partial charge in [0.2, 0.25) is 0 Å². The lowest BCUT2D eigenvalue weighted by Gasteiger charge is -2.15. The van der Waals surface area contributed by atoms with E-state index in [0.717, 1.165) is 18.7 Å². The van der Waals surface area contributed by atoms with E-state index in [1.165, 1.54) is 28.7 Å². The van der Waals surface area contributed by atoms with E-state index in [-0.39, 0.29) is 0 Å². The molecule has 0 aliphatic heterocycles. The predicted molar refractivity (Wildman–Crippen MR) is 83.2 cm³/mol. The zero-order valence-corrected chi connectivity index (χ0v) is 12.1. The van der Waals surface area contributed by atoms with E-state index >= 15 is 0 Å². The van der Waals surface area contributed by atoms with Crippen LogP contribution >= 0.6 is 0 Å². The third-order valence-electron chi connectivity index (χ3n) is 4.12. The van der Waals surface area contributed by atoms with Gasteiger partial charge in [-0.3, -0.25) is 0 Å². The van der Waals surface area contributed by atoms with Gasteiger partial charge in [-0.2, -0.15) is 0 Å². The average molecular weight is 267 g/mol. The summed E-state index contributed by atoms with van der Waals surface area (Å²) in [7, 11) is 1.74. The van der Waals surface area contributed by atoms with Crippen molar-refractivity contribution in [2.45, 2.75) is 25.8 Å². The summed E-state index contributed by atoms with van der Waals surface area (Å²) >= 11 is 0. The highest BCUT2D eigenvalue weighted by Gasteiger charge is 2.24. The lowest BCUT2D eigenvalue weighted by molar-refractivity contribution is 0.416. The molecule has 0 amide bonds. The number of benzene rings is 2. The zero-order valence-electron chi connectivity index (χ0n) is 12.1. The average Bonchev–Trinajstić information content (AvgIpc) is 2.91. The van der Waals surface area contributed by atoms with Crippen LogP contribution in [-0.4, -0.2) is 13.7 Å². The molecule has 1 aliphatic carbocycles. The van der Waals surface area contributed by atoms with E-state index in [1.54, 1.807) is 7.11 Å². The molecule has 0 radical (unpaired) electrons. The van der Waals surface area contributed by atoms with E-state index in [0.29, 0.717) is 6.04 Å². The maximum atomic E-state index is 5.52. The van der Waals surface area contributed by atoms with Gasteiger partial charge in [-0.1, -0.05) is 43.3 Å². The first kappa shape index (κ1) is 13.2. The number of para-hydroxylation sites is 1. The molecule has 1 atom stereocenters. The van der Waals surface area contributed by atoms with Crippen LogP contribution in [0.4, 0.5) is 0 Å². The lowest BCUT2D eigenvalue weighted by atomic mass is 9.96. The summed E-state index contributed by atoms with van der Waals surface area (Å²) < 4.78 is 5.52. The summed E-state index contributed by atoms with van der Waals surface area (Å²) in [6.45, 7) is 3.19. The Kier molecular flexibility index (Phi) is 3.75. The molecular weight excluding hydrogens is 246 g/mol. The van der Waals surface area contributed by atoms with Crippen LogP contribution in [0.3, 0.4) is 0 Å². The Labute approximate surface area is 120 Å². The van der Waals surface area contributed by atoms with Crippen LogP contribution in [0.2, 0.25) is 0 Å². The molecule has 20 heavy (non-hydrogen) atoms. The quantitative estimate of drug-likeness (QED) is 0.905. The van der Waals surface area contributed by atoms with Crippen LogP contribution < -0.4 is 10.1 Å². The minimum Gasteiger partial charge on any atom is -0.496 e. The molecular formula is C18H21NO. The van der Waals surface area contributed by atoms with Gasteiger partial charge in [0.15, 0.2) is 0 Å². The minimum atomic E-state index is 0.504. The van der Waals surface area contributed by atoms with Crippen LogP contribution in [0.5, 0.6) is 5.75 Å². The number of ether oxygens (including phenoxy) is 1. The molecule has 104 valence electrons. The van der Waals surface area contributed by atoms with Crippen LogP contribution in [0.15, 0.2) is 42.5 Å². The molecule has 2 aromatic rings. The van der Waals surface area contributed by atoms with E-state index in [1.807, 2.05) is 12.1 Å². The van der Waals surface area contributed by atoms with Crippen molar-refractivity contribution in [3.63, 3.8) is 0 Å². The number of hydrogen-bond acceptors (Lipinski definition) is 2. The van der Waals surface area contributed by atoms with Crippen LogP contribution in [0.1, 0.15) is 30.5 Å². The first-order chi connectivity index (χ1) is 9.85. The van der Waals surface area contributed by atoms with Gasteiger partial charge in [0, 0.05) is 11.6 Å². The summed E-state index contributed by atoms with van der Waals surface area (Å²) in [5.74, 6) is 0.952. The molecule has 2 heteroatoms. The summed E-state index contributed by atoms with van der Waals surface area (Å²) in [6.07, 6.45) is 2.33. The van der Waals surface area contributed by atoms with Gasteiger partial charge >= 0.3 is 0 Å². The van der Waals surface area contributed by atoms with Crippen LogP contribution in [0, 0.1) is 0 Å². The summed E-state index contributed by atoms with van der Waals surface area (Å²) in [6, 6.07) is 15.4. The van der Waals surface area contributed by atoms with Crippen molar-refractivity contribution in [3.8, 4) is 16.9 Å². The van der Waals surface area contributed by atoms with Gasteiger partial charge < -0.3 is 10.1 Å². The normalized spacial score (nSPS) is 17.0. The highest BCUT2D eigenvalue weighted by Crippen LogP contribution is 2.40. The fraction of sp³-hybridized carbons (Fsp3) is 0.333. The van der Waals surface area contributed by atoms with Gasteiger partial charge in [0.25, 0.3) is 0 Å². The maximum Gasteiger partial charge on any atom is 0.126 e. The minimum absolute atomic E-state index is 0.504. The molecule has 0 heterocycles. The topological polar surface area (TPSA) is 21.3 Å². The van der Waals surface area contributed by atoms with Crippen LogP contribution in [-0.2, 0) is 6.42 Å². The van der Waals surface area contributed by atoms with E-state index < -0.39 is 0 Å². The summed E-state index contributed by atoms with van der Waals surface area (Å²) in [5, 5.41) is 3.58. The summed E-state index contributed by atoms with van der Waals surface area (Å²) in [5.41, 5.74) is 5.45. The number of methoxy groups -OCH3 is 1. The fourth-order valence-corrected chi connectivity index (χ4v) is 3.23. The van der Waals surface area contributed by atoms with Crippen molar-refractivity contribution in [1.29, 1.82) is 0 Å². The number of fused-ring (bicyclic) bond motifs is 1. The van der Waals surface area contributed by atoms with Gasteiger partial charge in [-0.15, -0.1) is 0 Å². The molecule has 0 saturated heterocycles. The first-order valence-corrected chi connectivity index (χ1v) is 7.33. The Balaban J connectivity index is 2.08. The van der Waals surface area contributed by atoms with Gasteiger partial charge in [-0.25, -0.2) is 0 Å². The number of rotatable bonds is 4. The van der Waals surface area contributed by atoms with E-state index in [4.69, 9.17) is 4.74 Å². The zero-order chi connectivity index (χ0) is 13.9. The Morgan fingerprint density at radius 2 is 1.90 bits per heavy atom. The number of nitrogens with one attached hydrogen (secondary N) is 1. The highest BCUT2D eigenvalue weighted by molar-refractivity contribution is 5.75. The van der Waals surface area contributed by atoms with Crippen LogP contribution in [0.25, 0.3) is 11.1 Å². The molecule has 1 unspecified atom stereocenters. The SMILES string of the molecule is CCNC1CCc2c(-c3ccccc3OC)cccc21. The second-order valence-electron chi connectivity index (χ2n) is 5.22. The Bertz CT molecular complexity index is 606. The predicted octanol–water partition coefficient (Wildman–Crippen LogP) is 3.96. The van der Waals surface area contributed by atoms with Crippen molar-refractivity contribution in [3.05, 3.63) is 53.6 Å². The van der Waals surface area contributed by atoms with Crippen molar-refractivity contribution >= 4 is 0 Å². The smallest absolute Gasteiger partial charge is 0.126 e. The largest absolute Gasteiger partial charge is 0.496 e. The summed E-state index contributed by atoms with van der Waals surface area (Å²) in [4.78, 5) is 0. The molecule has 1 aliphatic rings. The fourth-order valence-electron chi connectivity index (χ4n) is 3.23. The monoisotopic (exact) mass is 267 g/mol. The Hall–Kier alpha value is -1.80. The Morgan fingerprint density at radius 3 is 2.70 bits per heavy atom.